The van der Waals surface area contributed by atoms with E-state index in [1.54, 1.807) is 29.6 Å². The zero-order valence-electron chi connectivity index (χ0n) is 12.9. The molecule has 0 aromatic carbocycles. The quantitative estimate of drug-likeness (QED) is 0.445. The average molecular weight is 331 g/mol. The van der Waals surface area contributed by atoms with Gasteiger partial charge in [-0.15, -0.1) is 11.3 Å². The number of allylic oxidation sites excluding steroid dienone is 1. The lowest BCUT2D eigenvalue weighted by atomic mass is 10.3. The fourth-order valence-corrected chi connectivity index (χ4v) is 3.39. The molecule has 1 heterocycles. The third-order valence-electron chi connectivity index (χ3n) is 2.65. The van der Waals surface area contributed by atoms with Crippen LogP contribution in [0.2, 0.25) is 0 Å². The van der Waals surface area contributed by atoms with Gasteiger partial charge in [0.25, 0.3) is 5.70 Å². The zero-order chi connectivity index (χ0) is 16.0. The van der Waals surface area contributed by atoms with Crippen LogP contribution < -0.4 is 9.62 Å². The maximum absolute atomic E-state index is 11.2. The third kappa shape index (κ3) is 4.58. The summed E-state index contributed by atoms with van der Waals surface area (Å²) in [5.41, 5.74) is 0.147. The molecule has 1 N–H and O–H groups in total. The molecule has 1 aromatic heterocycles. The molecule has 0 saturated carbocycles. The van der Waals surface area contributed by atoms with Crippen molar-refractivity contribution >= 4 is 29.1 Å². The molecule has 0 fully saturated rings. The number of thiazole rings is 1. The Morgan fingerprint density at radius 3 is 2.67 bits per heavy atom. The molecule has 0 amide bonds. The standard InChI is InChI=1S/C12H21N5O2S2/c1-6-9(17(18)19)12(13-2)16(20-5)10-8-21-11(14-10)7-15(3)4/h8,13H,6-7H2,1-5H3. The Morgan fingerprint density at radius 1 is 1.57 bits per heavy atom. The van der Waals surface area contributed by atoms with Gasteiger partial charge in [-0.1, -0.05) is 6.92 Å². The number of nitro groups is 1. The van der Waals surface area contributed by atoms with E-state index in [0.717, 1.165) is 11.6 Å². The molecule has 0 spiro atoms. The summed E-state index contributed by atoms with van der Waals surface area (Å²) in [6.45, 7) is 2.52. The lowest BCUT2D eigenvalue weighted by Crippen LogP contribution is -2.28. The topological polar surface area (TPSA) is 74.5 Å². The number of hydrogen-bond donors (Lipinski definition) is 1. The second kappa shape index (κ2) is 8.20. The molecular formula is C12H21N5O2S2. The monoisotopic (exact) mass is 331 g/mol. The summed E-state index contributed by atoms with van der Waals surface area (Å²) in [5.74, 6) is 1.18. The molecular weight excluding hydrogens is 310 g/mol. The highest BCUT2D eigenvalue weighted by Crippen LogP contribution is 2.28. The van der Waals surface area contributed by atoms with E-state index >= 15 is 0 Å². The van der Waals surface area contributed by atoms with Crippen LogP contribution in [0, 0.1) is 10.1 Å². The molecule has 9 heteroatoms. The van der Waals surface area contributed by atoms with Gasteiger partial charge >= 0.3 is 0 Å². The Hall–Kier alpha value is -1.32. The van der Waals surface area contributed by atoms with E-state index in [2.05, 4.69) is 10.3 Å². The lowest BCUT2D eigenvalue weighted by Gasteiger charge is -2.21. The summed E-state index contributed by atoms with van der Waals surface area (Å²) in [6, 6.07) is 0. The van der Waals surface area contributed by atoms with Crippen molar-refractivity contribution in [1.29, 1.82) is 0 Å². The van der Waals surface area contributed by atoms with Gasteiger partial charge in [-0.05, 0) is 26.0 Å². The average Bonchev–Trinajstić information content (AvgIpc) is 2.85. The van der Waals surface area contributed by atoms with Crippen LogP contribution in [0.15, 0.2) is 16.9 Å². The first-order valence-corrected chi connectivity index (χ1v) is 8.49. The SMILES string of the molecule is CCC(=C(NC)N(SC)c1csc(CN(C)C)n1)[N+](=O)[O-]. The second-order valence-electron chi connectivity index (χ2n) is 4.47. The van der Waals surface area contributed by atoms with Gasteiger partial charge in [0, 0.05) is 31.6 Å². The van der Waals surface area contributed by atoms with Gasteiger partial charge < -0.3 is 10.2 Å². The van der Waals surface area contributed by atoms with Crippen LogP contribution in [0.1, 0.15) is 18.4 Å². The second-order valence-corrected chi connectivity index (χ2v) is 6.14. The highest BCUT2D eigenvalue weighted by atomic mass is 32.2. The predicted octanol–water partition coefficient (Wildman–Crippen LogP) is 2.36. The molecule has 118 valence electrons. The summed E-state index contributed by atoms with van der Waals surface area (Å²) in [4.78, 5) is 17.4. The number of hydrogen-bond acceptors (Lipinski definition) is 8. The van der Waals surface area contributed by atoms with E-state index in [9.17, 15) is 10.1 Å². The van der Waals surface area contributed by atoms with Crippen LogP contribution in [-0.4, -0.2) is 42.2 Å². The van der Waals surface area contributed by atoms with Gasteiger partial charge in [0.15, 0.2) is 11.6 Å². The minimum Gasteiger partial charge on any atom is -0.368 e. The first-order valence-electron chi connectivity index (χ1n) is 6.43. The molecule has 0 aliphatic heterocycles. The largest absolute Gasteiger partial charge is 0.368 e. The van der Waals surface area contributed by atoms with Crippen molar-refractivity contribution in [2.75, 3.05) is 31.7 Å². The normalized spacial score (nSPS) is 12.3. The third-order valence-corrected chi connectivity index (χ3v) is 4.21. The molecule has 0 radical (unpaired) electrons. The van der Waals surface area contributed by atoms with E-state index < -0.39 is 0 Å². The predicted molar refractivity (Wildman–Crippen MR) is 88.9 cm³/mol. The minimum atomic E-state index is -0.345. The van der Waals surface area contributed by atoms with E-state index in [1.165, 1.54) is 11.9 Å². The molecule has 1 rings (SSSR count). The Labute approximate surface area is 133 Å². The molecule has 0 saturated heterocycles. The number of rotatable bonds is 8. The van der Waals surface area contributed by atoms with Gasteiger partial charge in [-0.25, -0.2) is 9.29 Å². The van der Waals surface area contributed by atoms with Crippen molar-refractivity contribution < 1.29 is 4.92 Å². The van der Waals surface area contributed by atoms with Crippen LogP contribution >= 0.6 is 23.3 Å². The van der Waals surface area contributed by atoms with Crippen molar-refractivity contribution in [3.8, 4) is 0 Å². The Bertz CT molecular complexity index is 516. The van der Waals surface area contributed by atoms with Crippen LogP contribution in [0.5, 0.6) is 0 Å². The van der Waals surface area contributed by atoms with Crippen molar-refractivity contribution in [1.82, 2.24) is 15.2 Å². The van der Waals surface area contributed by atoms with Gasteiger partial charge in [0.1, 0.15) is 5.01 Å². The molecule has 0 atom stereocenters. The Balaban J connectivity index is 3.16. The summed E-state index contributed by atoms with van der Waals surface area (Å²) >= 11 is 2.94. The van der Waals surface area contributed by atoms with Crippen LogP contribution in [0.3, 0.4) is 0 Å². The highest BCUT2D eigenvalue weighted by Gasteiger charge is 2.24. The van der Waals surface area contributed by atoms with Crippen LogP contribution in [-0.2, 0) is 6.54 Å². The van der Waals surface area contributed by atoms with Gasteiger partial charge in [0.05, 0.1) is 4.92 Å². The summed E-state index contributed by atoms with van der Waals surface area (Å²) in [5, 5.41) is 17.0. The fraction of sp³-hybridized carbons (Fsp3) is 0.583. The summed E-state index contributed by atoms with van der Waals surface area (Å²) < 4.78 is 1.76. The van der Waals surface area contributed by atoms with Gasteiger partial charge in [0.2, 0.25) is 0 Å². The van der Waals surface area contributed by atoms with E-state index in [1.807, 2.05) is 30.6 Å². The maximum atomic E-state index is 11.2. The first kappa shape index (κ1) is 17.7. The number of aromatic nitrogens is 1. The van der Waals surface area contributed by atoms with Gasteiger partial charge in [-0.2, -0.15) is 0 Å². The highest BCUT2D eigenvalue weighted by molar-refractivity contribution is 8.00. The Morgan fingerprint density at radius 2 is 2.24 bits per heavy atom. The molecule has 0 aliphatic rings. The number of nitrogens with zero attached hydrogens (tertiary/aromatic N) is 4. The number of nitrogens with one attached hydrogen (secondary N) is 1. The molecule has 0 bridgehead atoms. The maximum Gasteiger partial charge on any atom is 0.286 e. The molecule has 7 nitrogen and oxygen atoms in total. The first-order chi connectivity index (χ1) is 9.94. The van der Waals surface area contributed by atoms with Crippen molar-refractivity contribution in [3.63, 3.8) is 0 Å². The minimum absolute atomic E-state index is 0.147. The van der Waals surface area contributed by atoms with Crippen LogP contribution in [0.4, 0.5) is 5.82 Å². The van der Waals surface area contributed by atoms with E-state index in [-0.39, 0.29) is 10.6 Å². The molecule has 0 unspecified atom stereocenters. The summed E-state index contributed by atoms with van der Waals surface area (Å²) in [6.07, 6.45) is 2.21. The van der Waals surface area contributed by atoms with Crippen LogP contribution in [0.25, 0.3) is 0 Å². The smallest absolute Gasteiger partial charge is 0.286 e. The molecule has 21 heavy (non-hydrogen) atoms. The zero-order valence-corrected chi connectivity index (χ0v) is 14.5. The van der Waals surface area contributed by atoms with E-state index in [4.69, 9.17) is 0 Å². The van der Waals surface area contributed by atoms with E-state index in [0.29, 0.717) is 18.1 Å². The summed E-state index contributed by atoms with van der Waals surface area (Å²) in [7, 11) is 5.65. The van der Waals surface area contributed by atoms with Gasteiger partial charge in [-0.3, -0.25) is 10.1 Å². The van der Waals surface area contributed by atoms with Crippen molar-refractivity contribution in [2.24, 2.45) is 0 Å². The van der Waals surface area contributed by atoms with Crippen molar-refractivity contribution in [3.05, 3.63) is 32.0 Å². The molecule has 0 aliphatic carbocycles. The lowest BCUT2D eigenvalue weighted by molar-refractivity contribution is -0.429. The number of anilines is 1. The Kier molecular flexibility index (Phi) is 6.93. The van der Waals surface area contributed by atoms with Crippen molar-refractivity contribution in [2.45, 2.75) is 19.9 Å². The molecule has 1 aromatic rings. The fourth-order valence-electron chi connectivity index (χ4n) is 1.78.